The maximum atomic E-state index is 13.6. The lowest BCUT2D eigenvalue weighted by Crippen LogP contribution is -2.50. The molecule has 0 bridgehead atoms. The molecule has 38 heavy (non-hydrogen) atoms. The van der Waals surface area contributed by atoms with Crippen molar-refractivity contribution in [2.45, 2.75) is 85.2 Å². The van der Waals surface area contributed by atoms with Crippen LogP contribution in [-0.4, -0.2) is 35.2 Å². The van der Waals surface area contributed by atoms with E-state index in [1.54, 1.807) is 0 Å². The minimum Gasteiger partial charge on any atom is -0.369 e. The van der Waals surface area contributed by atoms with Crippen molar-refractivity contribution in [2.75, 3.05) is 6.54 Å². The third-order valence-corrected chi connectivity index (χ3v) is 7.56. The van der Waals surface area contributed by atoms with Gasteiger partial charge in [0.15, 0.2) is 0 Å². The molecule has 6 heteroatoms. The van der Waals surface area contributed by atoms with Crippen molar-refractivity contribution < 1.29 is 14.4 Å². The first-order chi connectivity index (χ1) is 18.2. The molecule has 3 rings (SSSR count). The number of nitrogens with two attached hydrogens (primary N) is 1. The summed E-state index contributed by atoms with van der Waals surface area (Å²) in [5.41, 5.74) is 10.3. The predicted octanol–water partition coefficient (Wildman–Crippen LogP) is 5.61. The van der Waals surface area contributed by atoms with Crippen molar-refractivity contribution in [1.29, 1.82) is 0 Å². The normalized spacial score (nSPS) is 17.7. The lowest BCUT2D eigenvalue weighted by Gasteiger charge is -2.29. The van der Waals surface area contributed by atoms with Crippen LogP contribution in [-0.2, 0) is 20.9 Å². The van der Waals surface area contributed by atoms with E-state index in [1.165, 1.54) is 5.56 Å². The average molecular weight is 520 g/mol. The molecular weight excluding hydrogens is 474 g/mol. The van der Waals surface area contributed by atoms with Crippen LogP contribution in [0.3, 0.4) is 0 Å². The molecule has 1 fully saturated rings. The molecule has 0 spiro atoms. The van der Waals surface area contributed by atoms with Crippen LogP contribution in [0.1, 0.15) is 76.8 Å². The number of rotatable bonds is 12. The number of benzene rings is 2. The van der Waals surface area contributed by atoms with Gasteiger partial charge in [0.05, 0.1) is 0 Å². The molecule has 206 valence electrons. The number of carbonyl (C=O) groups excluding carboxylic acids is 3. The zero-order valence-electron chi connectivity index (χ0n) is 23.5. The highest BCUT2D eigenvalue weighted by Gasteiger charge is 2.36. The third-order valence-electron chi connectivity index (χ3n) is 7.56. The van der Waals surface area contributed by atoms with E-state index in [4.69, 9.17) is 5.73 Å². The molecule has 1 aliphatic rings. The fraction of sp³-hybridized carbons (Fsp3) is 0.531. The van der Waals surface area contributed by atoms with Crippen LogP contribution in [0, 0.1) is 24.7 Å². The maximum absolute atomic E-state index is 13.6. The number of hydrogen-bond donors (Lipinski definition) is 2. The molecule has 0 aromatic heterocycles. The molecule has 0 radical (unpaired) electrons. The summed E-state index contributed by atoms with van der Waals surface area (Å²) in [6, 6.07) is 16.2. The zero-order valence-corrected chi connectivity index (χ0v) is 23.5. The summed E-state index contributed by atoms with van der Waals surface area (Å²) in [6.45, 7) is 9.38. The highest BCUT2D eigenvalue weighted by atomic mass is 16.2. The summed E-state index contributed by atoms with van der Waals surface area (Å²) in [7, 11) is 0. The number of primary amides is 1. The topological polar surface area (TPSA) is 92.5 Å². The summed E-state index contributed by atoms with van der Waals surface area (Å²) >= 11 is 0. The van der Waals surface area contributed by atoms with Crippen molar-refractivity contribution in [3.05, 3.63) is 59.7 Å². The molecule has 6 nitrogen and oxygen atoms in total. The van der Waals surface area contributed by atoms with Gasteiger partial charge in [-0.15, -0.1) is 0 Å². The van der Waals surface area contributed by atoms with Gasteiger partial charge in [-0.3, -0.25) is 14.4 Å². The van der Waals surface area contributed by atoms with Crippen LogP contribution >= 0.6 is 0 Å². The van der Waals surface area contributed by atoms with Gasteiger partial charge in [0.1, 0.15) is 6.04 Å². The Kier molecular flexibility index (Phi) is 10.9. The molecule has 1 aliphatic heterocycles. The van der Waals surface area contributed by atoms with Gasteiger partial charge in [0.25, 0.3) is 0 Å². The van der Waals surface area contributed by atoms with E-state index in [0.29, 0.717) is 32.4 Å². The largest absolute Gasteiger partial charge is 0.369 e. The van der Waals surface area contributed by atoms with Gasteiger partial charge in [0.2, 0.25) is 17.7 Å². The molecule has 0 unspecified atom stereocenters. The van der Waals surface area contributed by atoms with Gasteiger partial charge >= 0.3 is 0 Å². The molecule has 0 saturated carbocycles. The second-order valence-corrected chi connectivity index (χ2v) is 11.3. The molecule has 1 saturated heterocycles. The summed E-state index contributed by atoms with van der Waals surface area (Å²) in [5, 5.41) is 3.05. The van der Waals surface area contributed by atoms with Crippen molar-refractivity contribution in [1.82, 2.24) is 10.2 Å². The third kappa shape index (κ3) is 8.17. The SMILES string of the molecule is CCCC[C@H](C(N)=O)[C@@H](CC(C)C)C(=O)N[C@H]1CCCCN(Cc2cccc(-c3ccc(C)cc3)c2)C1=O. The van der Waals surface area contributed by atoms with E-state index in [1.807, 2.05) is 30.9 Å². The number of nitrogens with zero attached hydrogens (tertiary/aromatic N) is 1. The van der Waals surface area contributed by atoms with Crippen molar-refractivity contribution in [3.8, 4) is 11.1 Å². The average Bonchev–Trinajstić information content (AvgIpc) is 3.05. The Bertz CT molecular complexity index is 1080. The molecule has 1 heterocycles. The highest BCUT2D eigenvalue weighted by Crippen LogP contribution is 2.27. The summed E-state index contributed by atoms with van der Waals surface area (Å²) in [5.74, 6) is -1.50. The number of aryl methyl sites for hydroxylation is 1. The lowest BCUT2D eigenvalue weighted by atomic mass is 9.81. The van der Waals surface area contributed by atoms with Crippen molar-refractivity contribution in [2.24, 2.45) is 23.5 Å². The predicted molar refractivity (Wildman–Crippen MR) is 153 cm³/mol. The van der Waals surface area contributed by atoms with Gasteiger partial charge in [0, 0.05) is 24.9 Å². The fourth-order valence-corrected chi connectivity index (χ4v) is 5.42. The Morgan fingerprint density at radius 3 is 2.45 bits per heavy atom. The molecule has 3 atom stereocenters. The van der Waals surface area contributed by atoms with E-state index >= 15 is 0 Å². The van der Waals surface area contributed by atoms with Crippen molar-refractivity contribution in [3.63, 3.8) is 0 Å². The molecule has 0 aliphatic carbocycles. The fourth-order valence-electron chi connectivity index (χ4n) is 5.42. The van der Waals surface area contributed by atoms with Crippen molar-refractivity contribution >= 4 is 17.7 Å². The van der Waals surface area contributed by atoms with Gasteiger partial charge in [-0.25, -0.2) is 0 Å². The minimum atomic E-state index is -0.584. The number of nitrogens with one attached hydrogen (secondary N) is 1. The number of amides is 3. The minimum absolute atomic E-state index is 0.0518. The Hall–Kier alpha value is -3.15. The first-order valence-corrected chi connectivity index (χ1v) is 14.2. The highest BCUT2D eigenvalue weighted by molar-refractivity contribution is 5.91. The van der Waals surface area contributed by atoms with Crippen LogP contribution in [0.2, 0.25) is 0 Å². The van der Waals surface area contributed by atoms with Crippen LogP contribution in [0.4, 0.5) is 0 Å². The van der Waals surface area contributed by atoms with E-state index in [0.717, 1.165) is 42.4 Å². The molecule has 3 N–H and O–H groups in total. The molecule has 2 aromatic rings. The maximum Gasteiger partial charge on any atom is 0.245 e. The first-order valence-electron chi connectivity index (χ1n) is 14.2. The quantitative estimate of drug-likeness (QED) is 0.382. The van der Waals surface area contributed by atoms with Gasteiger partial charge in [-0.2, -0.15) is 0 Å². The second kappa shape index (κ2) is 14.1. The van der Waals surface area contributed by atoms with Crippen LogP contribution in [0.5, 0.6) is 0 Å². The molecular formula is C32H45N3O3. The molecule has 3 amide bonds. The number of likely N-dealkylation sites (tertiary alicyclic amines) is 1. The van der Waals surface area contributed by atoms with Crippen LogP contribution in [0.15, 0.2) is 48.5 Å². The molecule has 2 aromatic carbocycles. The Balaban J connectivity index is 1.74. The van der Waals surface area contributed by atoms with E-state index in [9.17, 15) is 14.4 Å². The number of carbonyl (C=O) groups is 3. The van der Waals surface area contributed by atoms with E-state index in [-0.39, 0.29) is 17.7 Å². The Morgan fingerprint density at radius 2 is 1.79 bits per heavy atom. The lowest BCUT2D eigenvalue weighted by molar-refractivity contribution is -0.139. The smallest absolute Gasteiger partial charge is 0.245 e. The zero-order chi connectivity index (χ0) is 27.7. The van der Waals surface area contributed by atoms with Gasteiger partial charge in [-0.1, -0.05) is 81.6 Å². The summed E-state index contributed by atoms with van der Waals surface area (Å²) < 4.78 is 0. The Labute approximate surface area is 228 Å². The number of hydrogen-bond acceptors (Lipinski definition) is 3. The van der Waals surface area contributed by atoms with Crippen LogP contribution < -0.4 is 11.1 Å². The standard InChI is InChI=1S/C32H45N3O3/c1-5-6-12-27(30(33)36)28(19-22(2)3)31(37)34-29-13-7-8-18-35(32(29)38)21-24-10-9-11-26(20-24)25-16-14-23(4)15-17-25/h9-11,14-17,20,22,27-29H,5-8,12-13,18-19,21H2,1-4H3,(H2,33,36)(H,34,37)/t27-,28+,29-/m0/s1. The van der Waals surface area contributed by atoms with Crippen LogP contribution in [0.25, 0.3) is 11.1 Å². The Morgan fingerprint density at radius 1 is 1.05 bits per heavy atom. The van der Waals surface area contributed by atoms with E-state index in [2.05, 4.69) is 55.6 Å². The number of unbranched alkanes of at least 4 members (excludes halogenated alkanes) is 1. The van der Waals surface area contributed by atoms with Gasteiger partial charge in [-0.05, 0) is 67.7 Å². The summed E-state index contributed by atoms with van der Waals surface area (Å²) in [6.07, 6.45) is 5.30. The second-order valence-electron chi connectivity index (χ2n) is 11.3. The summed E-state index contributed by atoms with van der Waals surface area (Å²) in [4.78, 5) is 41.3. The van der Waals surface area contributed by atoms with E-state index < -0.39 is 23.8 Å². The monoisotopic (exact) mass is 519 g/mol. The van der Waals surface area contributed by atoms with Gasteiger partial charge < -0.3 is 16.0 Å². The first kappa shape index (κ1) is 29.4.